The Morgan fingerprint density at radius 2 is 1.27 bits per heavy atom. The number of hydrogen-bond acceptors (Lipinski definition) is 0. The van der Waals surface area contributed by atoms with E-state index < -0.39 is 0 Å². The third kappa shape index (κ3) is 7.51. The van der Waals surface area contributed by atoms with E-state index >= 15 is 0 Å². The van der Waals surface area contributed by atoms with Crippen LogP contribution in [0.15, 0.2) is 40.3 Å². The third-order valence-electron chi connectivity index (χ3n) is 9.03. The predicted molar refractivity (Wildman–Crippen MR) is 149 cm³/mol. The van der Waals surface area contributed by atoms with Crippen LogP contribution in [0.2, 0.25) is 11.6 Å². The average molecular weight is 512 g/mol. The second kappa shape index (κ2) is 14.2. The molecule has 1 aromatic rings. The van der Waals surface area contributed by atoms with E-state index in [1.54, 1.807) is 4.46 Å². The zero-order chi connectivity index (χ0) is 22.7. The molecule has 0 spiro atoms. The SMILES string of the molecule is CCCCC/C([Se]c1ccccc1)=C(/B(C1CCCCC1)C1CCCCC1)C1CCCCC1. The van der Waals surface area contributed by atoms with Gasteiger partial charge in [0.25, 0.3) is 0 Å². The summed E-state index contributed by atoms with van der Waals surface area (Å²) in [6.07, 6.45) is 28.1. The Morgan fingerprint density at radius 1 is 0.727 bits per heavy atom. The summed E-state index contributed by atoms with van der Waals surface area (Å²) in [4.78, 5) is 0. The summed E-state index contributed by atoms with van der Waals surface area (Å²) in [5.74, 6) is 2.90. The van der Waals surface area contributed by atoms with Crippen molar-refractivity contribution in [3.63, 3.8) is 0 Å². The van der Waals surface area contributed by atoms with Crippen LogP contribution in [0, 0.1) is 5.92 Å². The molecule has 3 saturated carbocycles. The van der Waals surface area contributed by atoms with Gasteiger partial charge in [-0.25, -0.2) is 0 Å². The molecule has 2 heteroatoms. The van der Waals surface area contributed by atoms with Gasteiger partial charge in [-0.2, -0.15) is 0 Å². The first-order valence-electron chi connectivity index (χ1n) is 14.8. The van der Waals surface area contributed by atoms with Crippen LogP contribution in [0.3, 0.4) is 0 Å². The van der Waals surface area contributed by atoms with E-state index in [1.807, 2.05) is 4.47 Å². The number of benzene rings is 1. The molecule has 0 aliphatic heterocycles. The van der Waals surface area contributed by atoms with Crippen LogP contribution in [-0.2, 0) is 0 Å². The molecule has 0 atom stereocenters. The zero-order valence-electron chi connectivity index (χ0n) is 21.5. The summed E-state index contributed by atoms with van der Waals surface area (Å²) >= 11 is 0.517. The van der Waals surface area contributed by atoms with E-state index in [2.05, 4.69) is 42.7 Å². The fourth-order valence-electron chi connectivity index (χ4n) is 7.40. The molecular formula is C31H49BSe. The van der Waals surface area contributed by atoms with Crippen LogP contribution in [-0.4, -0.2) is 21.7 Å². The van der Waals surface area contributed by atoms with Gasteiger partial charge < -0.3 is 0 Å². The van der Waals surface area contributed by atoms with Crippen LogP contribution in [0.4, 0.5) is 0 Å². The van der Waals surface area contributed by atoms with Crippen molar-refractivity contribution in [2.75, 3.05) is 0 Å². The van der Waals surface area contributed by atoms with Crippen LogP contribution >= 0.6 is 0 Å². The molecule has 0 saturated heterocycles. The average Bonchev–Trinajstić information content (AvgIpc) is 2.89. The zero-order valence-corrected chi connectivity index (χ0v) is 23.3. The summed E-state index contributed by atoms with van der Waals surface area (Å²) in [5.41, 5.74) is 2.08. The molecule has 0 nitrogen and oxygen atoms in total. The summed E-state index contributed by atoms with van der Waals surface area (Å²) in [7, 11) is 0. The quantitative estimate of drug-likeness (QED) is 0.217. The second-order valence-electron chi connectivity index (χ2n) is 11.4. The molecule has 3 aliphatic carbocycles. The van der Waals surface area contributed by atoms with Gasteiger partial charge in [-0.15, -0.1) is 0 Å². The molecule has 3 aliphatic rings. The van der Waals surface area contributed by atoms with E-state index in [0.717, 1.165) is 24.3 Å². The molecule has 0 heterocycles. The maximum atomic E-state index is 2.43. The Labute approximate surface area is 212 Å². The van der Waals surface area contributed by atoms with E-state index in [-0.39, 0.29) is 0 Å². The van der Waals surface area contributed by atoms with Crippen molar-refractivity contribution >= 4 is 26.1 Å². The molecule has 0 radical (unpaired) electrons. The number of hydrogen-bond donors (Lipinski definition) is 0. The van der Waals surface area contributed by atoms with Crippen molar-refractivity contribution < 1.29 is 0 Å². The fraction of sp³-hybridized carbons (Fsp3) is 0.742. The monoisotopic (exact) mass is 512 g/mol. The summed E-state index contributed by atoms with van der Waals surface area (Å²) < 4.78 is 3.59. The molecular weight excluding hydrogens is 462 g/mol. The summed E-state index contributed by atoms with van der Waals surface area (Å²) in [6.45, 7) is 3.30. The molecule has 4 rings (SSSR count). The first-order valence-corrected chi connectivity index (χ1v) is 16.5. The molecule has 33 heavy (non-hydrogen) atoms. The number of unbranched alkanes of at least 4 members (excludes halogenated alkanes) is 2. The minimum atomic E-state index is 0.517. The molecule has 0 bridgehead atoms. The van der Waals surface area contributed by atoms with Gasteiger partial charge >= 0.3 is 213 Å². The molecule has 182 valence electrons. The Balaban J connectivity index is 1.75. The van der Waals surface area contributed by atoms with E-state index in [1.165, 1.54) is 122 Å². The van der Waals surface area contributed by atoms with Gasteiger partial charge in [-0.3, -0.25) is 0 Å². The van der Waals surface area contributed by atoms with Crippen molar-refractivity contribution in [2.24, 2.45) is 5.92 Å². The van der Waals surface area contributed by atoms with Gasteiger partial charge in [0.1, 0.15) is 0 Å². The number of allylic oxidation sites excluding steroid dienone is 2. The predicted octanol–water partition coefficient (Wildman–Crippen LogP) is 9.13. The standard InChI is InChI=1S/C31H49BSe/c1-2-3-8-25-30(33-29-23-15-7-16-24-29)31(26-17-9-4-10-18-26)32(27-19-11-5-12-20-27)28-21-13-6-14-22-28/h7,15-16,23-24,26-28H,2-6,8-14,17-22,25H2,1H3/b31-30-. The topological polar surface area (TPSA) is 0 Å². The van der Waals surface area contributed by atoms with Gasteiger partial charge in [0.15, 0.2) is 0 Å². The van der Waals surface area contributed by atoms with Crippen molar-refractivity contribution in [1.29, 1.82) is 0 Å². The molecule has 0 unspecified atom stereocenters. The van der Waals surface area contributed by atoms with Gasteiger partial charge in [-0.1, -0.05) is 0 Å². The molecule has 1 aromatic carbocycles. The Bertz CT molecular complexity index is 675. The molecule has 0 aromatic heterocycles. The molecule has 0 amide bonds. The van der Waals surface area contributed by atoms with Crippen LogP contribution in [0.5, 0.6) is 0 Å². The molecule has 0 N–H and O–H groups in total. The van der Waals surface area contributed by atoms with Crippen LogP contribution in [0.25, 0.3) is 0 Å². The second-order valence-corrected chi connectivity index (χ2v) is 13.9. The Hall–Kier alpha value is -0.456. The first-order chi connectivity index (χ1) is 16.4. The first kappa shape index (κ1) is 25.6. The number of rotatable bonds is 10. The van der Waals surface area contributed by atoms with Crippen LogP contribution < -0.4 is 4.46 Å². The van der Waals surface area contributed by atoms with Crippen molar-refractivity contribution in [3.05, 3.63) is 40.3 Å². The summed E-state index contributed by atoms with van der Waals surface area (Å²) in [5, 5.41) is 0. The Kier molecular flexibility index (Phi) is 11.0. The minimum absolute atomic E-state index is 0.517. The summed E-state index contributed by atoms with van der Waals surface area (Å²) in [6, 6.07) is 11.6. The maximum absolute atomic E-state index is 2.43. The van der Waals surface area contributed by atoms with E-state index in [0.29, 0.717) is 15.0 Å². The van der Waals surface area contributed by atoms with E-state index in [4.69, 9.17) is 0 Å². The normalized spacial score (nSPS) is 22.2. The van der Waals surface area contributed by atoms with Gasteiger partial charge in [-0.05, 0) is 0 Å². The van der Waals surface area contributed by atoms with E-state index in [9.17, 15) is 0 Å². The van der Waals surface area contributed by atoms with Gasteiger partial charge in [0.05, 0.1) is 0 Å². The van der Waals surface area contributed by atoms with Crippen molar-refractivity contribution in [3.8, 4) is 0 Å². The van der Waals surface area contributed by atoms with Gasteiger partial charge in [0, 0.05) is 0 Å². The fourth-order valence-corrected chi connectivity index (χ4v) is 10.0. The Morgan fingerprint density at radius 3 is 1.82 bits per heavy atom. The van der Waals surface area contributed by atoms with Crippen LogP contribution in [0.1, 0.15) is 129 Å². The van der Waals surface area contributed by atoms with Crippen molar-refractivity contribution in [2.45, 2.75) is 141 Å². The molecule has 3 fully saturated rings. The third-order valence-corrected chi connectivity index (χ3v) is 11.5. The van der Waals surface area contributed by atoms with Gasteiger partial charge in [0.2, 0.25) is 0 Å². The van der Waals surface area contributed by atoms with Crippen molar-refractivity contribution in [1.82, 2.24) is 0 Å².